The average molecular weight is 320 g/mol. The molecule has 0 heterocycles. The van der Waals surface area contributed by atoms with Crippen molar-refractivity contribution >= 4 is 23.2 Å². The molecule has 0 aliphatic rings. The molecule has 5 heteroatoms. The molecule has 1 rings (SSSR count). The smallest absolute Gasteiger partial charge is 0.267 e. The number of benzene rings is 1. The van der Waals surface area contributed by atoms with Gasteiger partial charge in [-0.05, 0) is 37.1 Å². The highest BCUT2D eigenvalue weighted by Crippen LogP contribution is 2.14. The Morgan fingerprint density at radius 1 is 1.27 bits per heavy atom. The molecule has 0 saturated heterocycles. The van der Waals surface area contributed by atoms with Crippen molar-refractivity contribution in [2.45, 2.75) is 33.1 Å². The standard InChI is InChI=1S/C17H22ClN3O/c1-3-5-11-21(10-4-2)13-14(12-19)17(22)20-16-8-6-15(18)7-9-16/h6-9,13H,3-5,10-11H2,1-2H3,(H,20,22)/b14-13-. The number of rotatable bonds is 8. The predicted molar refractivity (Wildman–Crippen MR) is 90.5 cm³/mol. The maximum atomic E-state index is 12.2. The molecule has 1 amide bonds. The third-order valence-electron chi connectivity index (χ3n) is 3.09. The number of carbonyl (C=O) groups is 1. The van der Waals surface area contributed by atoms with Crippen LogP contribution in [0.4, 0.5) is 5.69 Å². The molecule has 4 nitrogen and oxygen atoms in total. The average Bonchev–Trinajstić information content (AvgIpc) is 2.52. The van der Waals surface area contributed by atoms with Crippen molar-refractivity contribution in [2.24, 2.45) is 0 Å². The highest BCUT2D eigenvalue weighted by molar-refractivity contribution is 6.30. The van der Waals surface area contributed by atoms with E-state index in [-0.39, 0.29) is 5.57 Å². The number of nitriles is 1. The zero-order valence-corrected chi connectivity index (χ0v) is 13.9. The number of hydrogen-bond donors (Lipinski definition) is 1. The third kappa shape index (κ3) is 6.19. The molecule has 118 valence electrons. The van der Waals surface area contributed by atoms with Crippen LogP contribution < -0.4 is 5.32 Å². The van der Waals surface area contributed by atoms with Gasteiger partial charge in [0.2, 0.25) is 0 Å². The van der Waals surface area contributed by atoms with Crippen LogP contribution in [0.3, 0.4) is 0 Å². The van der Waals surface area contributed by atoms with E-state index in [2.05, 4.69) is 19.2 Å². The summed E-state index contributed by atoms with van der Waals surface area (Å²) in [6.45, 7) is 5.88. The molecule has 0 spiro atoms. The molecule has 22 heavy (non-hydrogen) atoms. The number of anilines is 1. The van der Waals surface area contributed by atoms with Gasteiger partial charge in [0, 0.05) is 30.0 Å². The van der Waals surface area contributed by atoms with Crippen molar-refractivity contribution in [1.82, 2.24) is 4.90 Å². The Hall–Kier alpha value is -1.99. The summed E-state index contributed by atoms with van der Waals surface area (Å²) in [7, 11) is 0. The second-order valence-corrected chi connectivity index (χ2v) is 5.44. The quantitative estimate of drug-likeness (QED) is 0.577. The first kappa shape index (κ1) is 18.1. The normalized spacial score (nSPS) is 10.9. The molecule has 0 radical (unpaired) electrons. The molecular weight excluding hydrogens is 298 g/mol. The number of nitrogens with zero attached hydrogens (tertiary/aromatic N) is 2. The minimum atomic E-state index is -0.401. The molecule has 0 unspecified atom stereocenters. The minimum absolute atomic E-state index is 0.111. The number of carbonyl (C=O) groups excluding carboxylic acids is 1. The zero-order chi connectivity index (χ0) is 16.4. The summed E-state index contributed by atoms with van der Waals surface area (Å²) in [5.41, 5.74) is 0.727. The molecule has 0 aromatic heterocycles. The van der Waals surface area contributed by atoms with E-state index in [0.29, 0.717) is 10.7 Å². The zero-order valence-electron chi connectivity index (χ0n) is 13.1. The molecular formula is C17H22ClN3O. The van der Waals surface area contributed by atoms with Crippen LogP contribution in [0.1, 0.15) is 33.1 Å². The van der Waals surface area contributed by atoms with Gasteiger partial charge in [-0.1, -0.05) is 31.9 Å². The second-order valence-electron chi connectivity index (χ2n) is 5.01. The van der Waals surface area contributed by atoms with Crippen molar-refractivity contribution in [2.75, 3.05) is 18.4 Å². The van der Waals surface area contributed by atoms with E-state index in [1.54, 1.807) is 30.5 Å². The molecule has 0 bridgehead atoms. The first-order valence-corrected chi connectivity index (χ1v) is 7.91. The summed E-state index contributed by atoms with van der Waals surface area (Å²) >= 11 is 5.81. The lowest BCUT2D eigenvalue weighted by molar-refractivity contribution is -0.112. The summed E-state index contributed by atoms with van der Waals surface area (Å²) in [5.74, 6) is -0.401. The summed E-state index contributed by atoms with van der Waals surface area (Å²) in [6, 6.07) is 8.77. The number of hydrogen-bond acceptors (Lipinski definition) is 3. The Morgan fingerprint density at radius 3 is 2.50 bits per heavy atom. The van der Waals surface area contributed by atoms with Gasteiger partial charge < -0.3 is 10.2 Å². The SMILES string of the molecule is CCCCN(/C=C(/C#N)C(=O)Nc1ccc(Cl)cc1)CCC. The predicted octanol–water partition coefficient (Wildman–Crippen LogP) is 4.20. The summed E-state index contributed by atoms with van der Waals surface area (Å²) in [4.78, 5) is 14.2. The van der Waals surface area contributed by atoms with Gasteiger partial charge in [0.25, 0.3) is 5.91 Å². The van der Waals surface area contributed by atoms with E-state index in [0.717, 1.165) is 32.4 Å². The van der Waals surface area contributed by atoms with E-state index in [1.807, 2.05) is 11.0 Å². The summed E-state index contributed by atoms with van der Waals surface area (Å²) < 4.78 is 0. The molecule has 1 N–H and O–H groups in total. The number of nitrogens with one attached hydrogen (secondary N) is 1. The highest BCUT2D eigenvalue weighted by atomic mass is 35.5. The Kier molecular flexibility index (Phi) is 8.09. The third-order valence-corrected chi connectivity index (χ3v) is 3.34. The number of halogens is 1. The molecule has 0 atom stereocenters. The maximum Gasteiger partial charge on any atom is 0.267 e. The van der Waals surface area contributed by atoms with E-state index in [9.17, 15) is 10.1 Å². The Bertz CT molecular complexity index is 546. The van der Waals surface area contributed by atoms with Gasteiger partial charge in [0.05, 0.1) is 0 Å². The van der Waals surface area contributed by atoms with E-state index in [4.69, 9.17) is 11.6 Å². The van der Waals surface area contributed by atoms with Gasteiger partial charge in [0.15, 0.2) is 0 Å². The minimum Gasteiger partial charge on any atom is -0.376 e. The first-order valence-electron chi connectivity index (χ1n) is 7.53. The van der Waals surface area contributed by atoms with E-state index < -0.39 is 5.91 Å². The van der Waals surface area contributed by atoms with Crippen LogP contribution in [0.2, 0.25) is 5.02 Å². The fraction of sp³-hybridized carbons (Fsp3) is 0.412. The van der Waals surface area contributed by atoms with Crippen LogP contribution in [0.5, 0.6) is 0 Å². The maximum absolute atomic E-state index is 12.2. The lowest BCUT2D eigenvalue weighted by atomic mass is 10.2. The van der Waals surface area contributed by atoms with Gasteiger partial charge in [-0.25, -0.2) is 0 Å². The molecule has 0 saturated carbocycles. The van der Waals surface area contributed by atoms with Crippen LogP contribution in [-0.2, 0) is 4.79 Å². The first-order chi connectivity index (χ1) is 10.6. The molecule has 1 aromatic rings. The number of unbranched alkanes of at least 4 members (excludes halogenated alkanes) is 1. The largest absolute Gasteiger partial charge is 0.376 e. The second kappa shape index (κ2) is 9.86. The summed E-state index contributed by atoms with van der Waals surface area (Å²) in [6.07, 6.45) is 4.74. The fourth-order valence-corrected chi connectivity index (χ4v) is 2.07. The van der Waals surface area contributed by atoms with Crippen molar-refractivity contribution in [3.8, 4) is 6.07 Å². The number of amides is 1. The Labute approximate surface area is 137 Å². The van der Waals surface area contributed by atoms with Crippen molar-refractivity contribution in [1.29, 1.82) is 5.26 Å². The van der Waals surface area contributed by atoms with E-state index >= 15 is 0 Å². The Balaban J connectivity index is 2.78. The van der Waals surface area contributed by atoms with Gasteiger partial charge in [0.1, 0.15) is 11.6 Å². The van der Waals surface area contributed by atoms with Crippen LogP contribution >= 0.6 is 11.6 Å². The monoisotopic (exact) mass is 319 g/mol. The van der Waals surface area contributed by atoms with Crippen LogP contribution in [0.15, 0.2) is 36.0 Å². The van der Waals surface area contributed by atoms with Crippen LogP contribution in [0.25, 0.3) is 0 Å². The fourth-order valence-electron chi connectivity index (χ4n) is 1.94. The van der Waals surface area contributed by atoms with Gasteiger partial charge >= 0.3 is 0 Å². The summed E-state index contributed by atoms with van der Waals surface area (Å²) in [5, 5.41) is 12.5. The van der Waals surface area contributed by atoms with Gasteiger partial charge in [-0.15, -0.1) is 0 Å². The lowest BCUT2D eigenvalue weighted by Gasteiger charge is -2.19. The van der Waals surface area contributed by atoms with Crippen molar-refractivity contribution < 1.29 is 4.79 Å². The Morgan fingerprint density at radius 2 is 1.95 bits per heavy atom. The molecule has 0 fully saturated rings. The highest BCUT2D eigenvalue weighted by Gasteiger charge is 2.11. The molecule has 1 aromatic carbocycles. The van der Waals surface area contributed by atoms with E-state index in [1.165, 1.54) is 0 Å². The van der Waals surface area contributed by atoms with Crippen molar-refractivity contribution in [3.63, 3.8) is 0 Å². The van der Waals surface area contributed by atoms with Gasteiger partial charge in [-0.3, -0.25) is 4.79 Å². The molecule has 0 aliphatic carbocycles. The van der Waals surface area contributed by atoms with Crippen molar-refractivity contribution in [3.05, 3.63) is 41.1 Å². The lowest BCUT2D eigenvalue weighted by Crippen LogP contribution is -2.23. The topological polar surface area (TPSA) is 56.1 Å². The molecule has 0 aliphatic heterocycles. The van der Waals surface area contributed by atoms with Crippen LogP contribution in [-0.4, -0.2) is 23.9 Å². The van der Waals surface area contributed by atoms with Gasteiger partial charge in [-0.2, -0.15) is 5.26 Å². The van der Waals surface area contributed by atoms with Crippen LogP contribution in [0, 0.1) is 11.3 Å².